The molecule has 0 amide bonds. The Bertz CT molecular complexity index is 665. The molecule has 1 atom stereocenters. The average molecular weight is 355 g/mol. The molecule has 0 aromatic heterocycles. The van der Waals surface area contributed by atoms with E-state index in [0.29, 0.717) is 16.6 Å². The summed E-state index contributed by atoms with van der Waals surface area (Å²) in [4.78, 5) is 0. The second kappa shape index (κ2) is 5.73. The van der Waals surface area contributed by atoms with Crippen molar-refractivity contribution < 1.29 is 18.6 Å². The molecule has 0 fully saturated rings. The Morgan fingerprint density at radius 1 is 1.14 bits per heavy atom. The molecular weight excluding hydrogens is 342 g/mol. The van der Waals surface area contributed by atoms with Crippen LogP contribution in [0, 0.1) is 11.6 Å². The maximum Gasteiger partial charge on any atom is 0.133 e. The van der Waals surface area contributed by atoms with Gasteiger partial charge in [0.05, 0.1) is 12.2 Å². The van der Waals surface area contributed by atoms with Crippen LogP contribution in [0.3, 0.4) is 0 Å². The van der Waals surface area contributed by atoms with Crippen molar-refractivity contribution in [2.24, 2.45) is 0 Å². The number of benzene rings is 2. The van der Waals surface area contributed by atoms with Gasteiger partial charge in [0.2, 0.25) is 0 Å². The highest BCUT2D eigenvalue weighted by Crippen LogP contribution is 2.33. The number of aryl methyl sites for hydroxylation is 1. The number of halogens is 3. The fourth-order valence-electron chi connectivity index (χ4n) is 2.53. The molecule has 1 aliphatic heterocycles. The highest BCUT2D eigenvalue weighted by atomic mass is 79.9. The van der Waals surface area contributed by atoms with E-state index in [1.165, 1.54) is 0 Å². The largest absolute Gasteiger partial charge is 0.493 e. The predicted octanol–water partition coefficient (Wildman–Crippen LogP) is 4.13. The zero-order valence-corrected chi connectivity index (χ0v) is 12.7. The second-order valence-electron chi connectivity index (χ2n) is 5.00. The van der Waals surface area contributed by atoms with Gasteiger partial charge in [-0.2, -0.15) is 0 Å². The summed E-state index contributed by atoms with van der Waals surface area (Å²) < 4.78 is 33.7. The highest BCUT2D eigenvalue weighted by Gasteiger charge is 2.22. The molecule has 1 unspecified atom stereocenters. The van der Waals surface area contributed by atoms with E-state index in [2.05, 4.69) is 15.9 Å². The molecule has 1 N–H and O–H groups in total. The number of rotatable bonds is 2. The maximum atomic E-state index is 13.9. The van der Waals surface area contributed by atoms with Crippen molar-refractivity contribution in [3.05, 3.63) is 63.1 Å². The third kappa shape index (κ3) is 2.80. The summed E-state index contributed by atoms with van der Waals surface area (Å²) in [5.41, 5.74) is 1.07. The Balaban J connectivity index is 2.01. The molecule has 0 radical (unpaired) electrons. The number of ether oxygens (including phenoxy) is 1. The molecule has 3 rings (SSSR count). The quantitative estimate of drug-likeness (QED) is 0.878. The molecular formula is C16H13BrF2O2. The third-order valence-corrected chi connectivity index (χ3v) is 4.02. The molecule has 2 aromatic carbocycles. The van der Waals surface area contributed by atoms with Crippen molar-refractivity contribution >= 4 is 15.9 Å². The van der Waals surface area contributed by atoms with E-state index in [0.717, 1.165) is 36.3 Å². The van der Waals surface area contributed by atoms with Gasteiger partial charge in [-0.1, -0.05) is 22.0 Å². The standard InChI is InChI=1S/C16H13BrF2O2/c17-11-7-12(18)15(13(19)8-11)16(20)10-3-4-14-9(6-10)2-1-5-21-14/h3-4,6-8,16,20H,1-2,5H2. The van der Waals surface area contributed by atoms with Crippen molar-refractivity contribution in [3.63, 3.8) is 0 Å². The van der Waals surface area contributed by atoms with Gasteiger partial charge in [0.25, 0.3) is 0 Å². The van der Waals surface area contributed by atoms with Crippen LogP contribution >= 0.6 is 15.9 Å². The van der Waals surface area contributed by atoms with Gasteiger partial charge in [-0.3, -0.25) is 0 Å². The van der Waals surface area contributed by atoms with Crippen LogP contribution in [-0.2, 0) is 6.42 Å². The van der Waals surface area contributed by atoms with Crippen LogP contribution in [-0.4, -0.2) is 11.7 Å². The summed E-state index contributed by atoms with van der Waals surface area (Å²) in [5, 5.41) is 10.3. The summed E-state index contributed by atoms with van der Waals surface area (Å²) in [6.07, 6.45) is 0.389. The lowest BCUT2D eigenvalue weighted by molar-refractivity contribution is 0.208. The first-order chi connectivity index (χ1) is 10.1. The van der Waals surface area contributed by atoms with E-state index in [-0.39, 0.29) is 5.56 Å². The van der Waals surface area contributed by atoms with Crippen LogP contribution < -0.4 is 4.74 Å². The van der Waals surface area contributed by atoms with Crippen LogP contribution in [0.25, 0.3) is 0 Å². The molecule has 1 aliphatic rings. The summed E-state index contributed by atoms with van der Waals surface area (Å²) in [5.74, 6) is -0.777. The van der Waals surface area contributed by atoms with Crippen LogP contribution in [0.15, 0.2) is 34.8 Å². The molecule has 0 saturated heterocycles. The second-order valence-corrected chi connectivity index (χ2v) is 5.92. The van der Waals surface area contributed by atoms with Gasteiger partial charge in [-0.25, -0.2) is 8.78 Å². The number of hydrogen-bond acceptors (Lipinski definition) is 2. The zero-order chi connectivity index (χ0) is 15.0. The lowest BCUT2D eigenvalue weighted by Gasteiger charge is -2.20. The number of hydrogen-bond donors (Lipinski definition) is 1. The molecule has 110 valence electrons. The van der Waals surface area contributed by atoms with Crippen molar-refractivity contribution in [1.29, 1.82) is 0 Å². The Morgan fingerprint density at radius 3 is 2.57 bits per heavy atom. The highest BCUT2D eigenvalue weighted by molar-refractivity contribution is 9.10. The van der Waals surface area contributed by atoms with E-state index >= 15 is 0 Å². The molecule has 0 aliphatic carbocycles. The first-order valence-corrected chi connectivity index (χ1v) is 7.43. The minimum atomic E-state index is -1.34. The van der Waals surface area contributed by atoms with Crippen molar-refractivity contribution in [2.75, 3.05) is 6.61 Å². The molecule has 0 spiro atoms. The van der Waals surface area contributed by atoms with E-state index in [1.54, 1.807) is 18.2 Å². The summed E-state index contributed by atoms with van der Waals surface area (Å²) in [6, 6.07) is 7.41. The average Bonchev–Trinajstić information content (AvgIpc) is 2.45. The maximum absolute atomic E-state index is 13.9. The molecule has 2 nitrogen and oxygen atoms in total. The molecule has 21 heavy (non-hydrogen) atoms. The van der Waals surface area contributed by atoms with Gasteiger partial charge >= 0.3 is 0 Å². The van der Waals surface area contributed by atoms with Gasteiger partial charge in [-0.05, 0) is 48.2 Å². The fourth-order valence-corrected chi connectivity index (χ4v) is 2.93. The fraction of sp³-hybridized carbons (Fsp3) is 0.250. The number of aliphatic hydroxyl groups is 1. The van der Waals surface area contributed by atoms with Crippen molar-refractivity contribution in [3.8, 4) is 5.75 Å². The van der Waals surface area contributed by atoms with Crippen molar-refractivity contribution in [1.82, 2.24) is 0 Å². The number of aliphatic hydroxyl groups excluding tert-OH is 1. The number of fused-ring (bicyclic) bond motifs is 1. The SMILES string of the molecule is OC(c1ccc2c(c1)CCCO2)c1c(F)cc(Br)cc1F. The molecule has 2 aromatic rings. The first-order valence-electron chi connectivity index (χ1n) is 6.64. The van der Waals surface area contributed by atoms with Crippen LogP contribution in [0.5, 0.6) is 5.75 Å². The van der Waals surface area contributed by atoms with Gasteiger partial charge in [0.1, 0.15) is 23.5 Å². The van der Waals surface area contributed by atoms with E-state index in [9.17, 15) is 13.9 Å². The minimum absolute atomic E-state index is 0.298. The first kappa shape index (κ1) is 14.5. The normalized spacial score (nSPS) is 15.2. The van der Waals surface area contributed by atoms with Gasteiger partial charge < -0.3 is 9.84 Å². The Hall–Kier alpha value is -1.46. The summed E-state index contributed by atoms with van der Waals surface area (Å²) >= 11 is 3.02. The predicted molar refractivity (Wildman–Crippen MR) is 78.4 cm³/mol. The Morgan fingerprint density at radius 2 is 1.86 bits per heavy atom. The third-order valence-electron chi connectivity index (χ3n) is 3.57. The van der Waals surface area contributed by atoms with E-state index < -0.39 is 17.7 Å². The molecule has 5 heteroatoms. The monoisotopic (exact) mass is 354 g/mol. The van der Waals surface area contributed by atoms with E-state index in [4.69, 9.17) is 4.74 Å². The molecule has 0 bridgehead atoms. The summed E-state index contributed by atoms with van der Waals surface area (Å²) in [7, 11) is 0. The smallest absolute Gasteiger partial charge is 0.133 e. The van der Waals surface area contributed by atoms with Gasteiger partial charge in [0, 0.05) is 4.47 Å². The minimum Gasteiger partial charge on any atom is -0.493 e. The lowest BCUT2D eigenvalue weighted by Crippen LogP contribution is -2.11. The lowest BCUT2D eigenvalue weighted by atomic mass is 9.96. The Labute approximate surface area is 129 Å². The van der Waals surface area contributed by atoms with Gasteiger partial charge in [0.15, 0.2) is 0 Å². The molecule has 0 saturated carbocycles. The Kier molecular flexibility index (Phi) is 3.95. The van der Waals surface area contributed by atoms with Gasteiger partial charge in [-0.15, -0.1) is 0 Å². The summed E-state index contributed by atoms with van der Waals surface area (Å²) in [6.45, 7) is 0.671. The zero-order valence-electron chi connectivity index (χ0n) is 11.1. The topological polar surface area (TPSA) is 29.5 Å². The van der Waals surface area contributed by atoms with Crippen LogP contribution in [0.4, 0.5) is 8.78 Å². The van der Waals surface area contributed by atoms with Crippen molar-refractivity contribution in [2.45, 2.75) is 18.9 Å². The van der Waals surface area contributed by atoms with Crippen LogP contribution in [0.2, 0.25) is 0 Å². The van der Waals surface area contributed by atoms with Crippen LogP contribution in [0.1, 0.15) is 29.2 Å². The van der Waals surface area contributed by atoms with E-state index in [1.807, 2.05) is 0 Å². The molecule has 1 heterocycles.